The van der Waals surface area contributed by atoms with Crippen LogP contribution in [0.4, 0.5) is 0 Å². The van der Waals surface area contributed by atoms with Gasteiger partial charge in [-0.1, -0.05) is 5.16 Å². The number of hydrogen-bond acceptors (Lipinski definition) is 7. The number of hydrogen-bond donors (Lipinski definition) is 1. The van der Waals surface area contributed by atoms with Crippen molar-refractivity contribution in [3.05, 3.63) is 30.2 Å². The molecule has 0 aliphatic carbocycles. The van der Waals surface area contributed by atoms with Crippen LogP contribution in [-0.2, 0) is 11.3 Å². The molecule has 24 heavy (non-hydrogen) atoms. The molecule has 1 fully saturated rings. The van der Waals surface area contributed by atoms with E-state index in [1.165, 1.54) is 0 Å². The molecular formula is C17H23N3O4. The first-order valence-electron chi connectivity index (χ1n) is 8.04. The molecule has 2 aromatic rings. The number of methoxy groups -OCH3 is 1. The summed E-state index contributed by atoms with van der Waals surface area (Å²) in [5.74, 6) is 1.86. The van der Waals surface area contributed by atoms with Crippen molar-refractivity contribution in [2.75, 3.05) is 34.0 Å². The van der Waals surface area contributed by atoms with E-state index in [-0.39, 0.29) is 12.1 Å². The van der Waals surface area contributed by atoms with E-state index in [1.807, 2.05) is 31.3 Å². The second kappa shape index (κ2) is 7.29. The zero-order valence-electron chi connectivity index (χ0n) is 14.1. The monoisotopic (exact) mass is 333 g/mol. The van der Waals surface area contributed by atoms with Crippen molar-refractivity contribution in [3.8, 4) is 17.1 Å². The number of aliphatic hydroxyl groups is 1. The van der Waals surface area contributed by atoms with E-state index in [0.29, 0.717) is 31.5 Å². The fourth-order valence-electron chi connectivity index (χ4n) is 2.96. The van der Waals surface area contributed by atoms with Gasteiger partial charge in [-0.15, -0.1) is 0 Å². The molecule has 3 rings (SSSR count). The highest BCUT2D eigenvalue weighted by Crippen LogP contribution is 2.28. The number of aliphatic hydroxyl groups excluding tert-OH is 1. The summed E-state index contributed by atoms with van der Waals surface area (Å²) >= 11 is 0. The number of aromatic nitrogens is 2. The van der Waals surface area contributed by atoms with Gasteiger partial charge < -0.3 is 19.1 Å². The first kappa shape index (κ1) is 16.9. The third-order valence-corrected chi connectivity index (χ3v) is 4.72. The molecule has 1 N–H and O–H groups in total. The van der Waals surface area contributed by atoms with Gasteiger partial charge in [0.25, 0.3) is 0 Å². The summed E-state index contributed by atoms with van der Waals surface area (Å²) in [6.07, 6.45) is 1.58. The topological polar surface area (TPSA) is 80.9 Å². The van der Waals surface area contributed by atoms with Gasteiger partial charge in [0.2, 0.25) is 11.7 Å². The smallest absolute Gasteiger partial charge is 0.241 e. The van der Waals surface area contributed by atoms with Crippen LogP contribution >= 0.6 is 0 Å². The summed E-state index contributed by atoms with van der Waals surface area (Å²) in [5.41, 5.74) is 0.587. The molecule has 0 spiro atoms. The molecule has 0 unspecified atom stereocenters. The maximum atomic E-state index is 9.85. The molecule has 2 heterocycles. The lowest BCUT2D eigenvalue weighted by Gasteiger charge is -2.42. The second-order valence-corrected chi connectivity index (χ2v) is 6.09. The van der Waals surface area contributed by atoms with Crippen LogP contribution in [0.15, 0.2) is 28.8 Å². The van der Waals surface area contributed by atoms with Crippen molar-refractivity contribution in [2.24, 2.45) is 0 Å². The zero-order chi connectivity index (χ0) is 17.0. The number of nitrogens with zero attached hydrogens (tertiary/aromatic N) is 3. The Labute approximate surface area is 141 Å². The van der Waals surface area contributed by atoms with E-state index in [9.17, 15) is 5.11 Å². The van der Waals surface area contributed by atoms with E-state index in [1.54, 1.807) is 7.11 Å². The van der Waals surface area contributed by atoms with E-state index in [4.69, 9.17) is 14.0 Å². The Morgan fingerprint density at radius 2 is 1.96 bits per heavy atom. The molecule has 0 amide bonds. The second-order valence-electron chi connectivity index (χ2n) is 6.09. The van der Waals surface area contributed by atoms with E-state index < -0.39 is 0 Å². The van der Waals surface area contributed by atoms with Crippen molar-refractivity contribution < 1.29 is 19.1 Å². The first-order chi connectivity index (χ1) is 11.7. The standard InChI is InChI=1S/C17H23N3O4/c1-20(17(12-21)7-9-23-10-8-17)11-15-18-16(19-24-15)13-3-5-14(22-2)6-4-13/h3-6,21H,7-12H2,1-2H3. The highest BCUT2D eigenvalue weighted by Gasteiger charge is 2.36. The molecule has 130 valence electrons. The lowest BCUT2D eigenvalue weighted by Crippen LogP contribution is -2.52. The average Bonchev–Trinajstić information content (AvgIpc) is 3.10. The molecular weight excluding hydrogens is 310 g/mol. The predicted octanol–water partition coefficient (Wildman–Crippen LogP) is 1.72. The summed E-state index contributed by atoms with van der Waals surface area (Å²) in [4.78, 5) is 6.55. The van der Waals surface area contributed by atoms with Crippen molar-refractivity contribution >= 4 is 0 Å². The molecule has 1 aromatic heterocycles. The van der Waals surface area contributed by atoms with Gasteiger partial charge in [-0.05, 0) is 44.2 Å². The number of likely N-dealkylation sites (N-methyl/N-ethyl adjacent to an activating group) is 1. The van der Waals surface area contributed by atoms with Gasteiger partial charge in [-0.3, -0.25) is 4.90 Å². The minimum atomic E-state index is -0.285. The van der Waals surface area contributed by atoms with E-state index in [0.717, 1.165) is 24.2 Å². The SMILES string of the molecule is COc1ccc(-c2noc(CN(C)C3(CO)CCOCC3)n2)cc1. The number of rotatable bonds is 6. The van der Waals surface area contributed by atoms with Crippen molar-refractivity contribution in [1.29, 1.82) is 0 Å². The quantitative estimate of drug-likeness (QED) is 0.862. The summed E-state index contributed by atoms with van der Waals surface area (Å²) < 4.78 is 15.9. The van der Waals surface area contributed by atoms with Crippen LogP contribution in [0, 0.1) is 0 Å². The molecule has 1 saturated heterocycles. The van der Waals surface area contributed by atoms with Crippen molar-refractivity contribution in [3.63, 3.8) is 0 Å². The maximum Gasteiger partial charge on any atom is 0.241 e. The van der Waals surface area contributed by atoms with E-state index in [2.05, 4.69) is 15.0 Å². The van der Waals surface area contributed by atoms with Crippen LogP contribution in [0.3, 0.4) is 0 Å². The van der Waals surface area contributed by atoms with Gasteiger partial charge in [0, 0.05) is 24.3 Å². The van der Waals surface area contributed by atoms with Crippen LogP contribution < -0.4 is 4.74 Å². The molecule has 7 nitrogen and oxygen atoms in total. The van der Waals surface area contributed by atoms with Gasteiger partial charge in [0.1, 0.15) is 5.75 Å². The summed E-state index contributed by atoms with van der Waals surface area (Å²) in [6, 6.07) is 7.51. The maximum absolute atomic E-state index is 9.85. The Bertz CT molecular complexity index is 650. The van der Waals surface area contributed by atoms with Crippen LogP contribution in [0.2, 0.25) is 0 Å². The lowest BCUT2D eigenvalue weighted by molar-refractivity contribution is -0.0521. The molecule has 0 saturated carbocycles. The van der Waals surface area contributed by atoms with Crippen LogP contribution in [0.1, 0.15) is 18.7 Å². The van der Waals surface area contributed by atoms with Gasteiger partial charge in [-0.25, -0.2) is 0 Å². The van der Waals surface area contributed by atoms with Gasteiger partial charge in [0.05, 0.1) is 20.3 Å². The number of ether oxygens (including phenoxy) is 2. The number of benzene rings is 1. The first-order valence-corrected chi connectivity index (χ1v) is 8.04. The van der Waals surface area contributed by atoms with Crippen LogP contribution in [0.5, 0.6) is 5.75 Å². The fraction of sp³-hybridized carbons (Fsp3) is 0.529. The minimum absolute atomic E-state index is 0.0896. The minimum Gasteiger partial charge on any atom is -0.497 e. The molecule has 1 aromatic carbocycles. The summed E-state index contributed by atoms with van der Waals surface area (Å²) in [7, 11) is 3.60. The molecule has 7 heteroatoms. The highest BCUT2D eigenvalue weighted by atomic mass is 16.5. The Kier molecular flexibility index (Phi) is 5.13. The molecule has 0 atom stereocenters. The third-order valence-electron chi connectivity index (χ3n) is 4.72. The largest absolute Gasteiger partial charge is 0.497 e. The Hall–Kier alpha value is -1.96. The van der Waals surface area contributed by atoms with Gasteiger partial charge in [0.15, 0.2) is 0 Å². The third kappa shape index (κ3) is 3.43. The average molecular weight is 333 g/mol. The summed E-state index contributed by atoms with van der Waals surface area (Å²) in [6.45, 7) is 1.90. The van der Waals surface area contributed by atoms with Crippen LogP contribution in [-0.4, -0.2) is 59.7 Å². The highest BCUT2D eigenvalue weighted by molar-refractivity contribution is 5.55. The van der Waals surface area contributed by atoms with Gasteiger partial charge >= 0.3 is 0 Å². The molecule has 0 radical (unpaired) electrons. The van der Waals surface area contributed by atoms with E-state index >= 15 is 0 Å². The normalized spacial score (nSPS) is 17.2. The Morgan fingerprint density at radius 3 is 2.58 bits per heavy atom. The molecule has 0 bridgehead atoms. The molecule has 1 aliphatic rings. The summed E-state index contributed by atoms with van der Waals surface area (Å²) in [5, 5.41) is 13.9. The Morgan fingerprint density at radius 1 is 1.25 bits per heavy atom. The fourth-order valence-corrected chi connectivity index (χ4v) is 2.96. The zero-order valence-corrected chi connectivity index (χ0v) is 14.1. The van der Waals surface area contributed by atoms with Crippen molar-refractivity contribution in [1.82, 2.24) is 15.0 Å². The Balaban J connectivity index is 1.70. The lowest BCUT2D eigenvalue weighted by atomic mass is 9.89. The predicted molar refractivity (Wildman–Crippen MR) is 87.6 cm³/mol. The van der Waals surface area contributed by atoms with Gasteiger partial charge in [-0.2, -0.15) is 4.98 Å². The van der Waals surface area contributed by atoms with Crippen LogP contribution in [0.25, 0.3) is 11.4 Å². The molecule has 1 aliphatic heterocycles. The van der Waals surface area contributed by atoms with Crippen molar-refractivity contribution in [2.45, 2.75) is 24.9 Å².